The summed E-state index contributed by atoms with van der Waals surface area (Å²) in [5, 5.41) is 0. The Kier molecular flexibility index (Phi) is 8.28. The summed E-state index contributed by atoms with van der Waals surface area (Å²) >= 11 is 0. The van der Waals surface area contributed by atoms with Gasteiger partial charge in [-0.3, -0.25) is 0 Å². The molecule has 0 radical (unpaired) electrons. The number of ether oxygens (including phenoxy) is 1. The molecule has 1 aromatic rings. The second-order valence-electron chi connectivity index (χ2n) is 7.26. The third-order valence-corrected chi connectivity index (χ3v) is 5.17. The van der Waals surface area contributed by atoms with Crippen molar-refractivity contribution in [1.82, 2.24) is 0 Å². The van der Waals surface area contributed by atoms with Crippen molar-refractivity contribution in [2.75, 3.05) is 6.61 Å². The van der Waals surface area contributed by atoms with E-state index in [9.17, 15) is 13.2 Å². The van der Waals surface area contributed by atoms with E-state index < -0.39 is 12.6 Å². The van der Waals surface area contributed by atoms with E-state index in [1.54, 1.807) is 0 Å². The Bertz CT molecular complexity index is 473. The second-order valence-corrected chi connectivity index (χ2v) is 7.26. The van der Waals surface area contributed by atoms with Crippen LogP contribution in [-0.4, -0.2) is 18.9 Å². The van der Waals surface area contributed by atoms with Crippen molar-refractivity contribution in [2.24, 2.45) is 0 Å². The molecule has 0 atom stereocenters. The molecule has 0 bridgehead atoms. The lowest BCUT2D eigenvalue weighted by Crippen LogP contribution is -2.21. The van der Waals surface area contributed by atoms with Crippen LogP contribution in [0.1, 0.15) is 81.8 Å². The lowest BCUT2D eigenvalue weighted by Gasteiger charge is -2.29. The van der Waals surface area contributed by atoms with E-state index in [0.717, 1.165) is 44.3 Å². The Morgan fingerprint density at radius 1 is 0.960 bits per heavy atom. The van der Waals surface area contributed by atoms with E-state index in [2.05, 4.69) is 6.92 Å². The number of halogens is 3. The smallest absolute Gasteiger partial charge is 0.378 e. The van der Waals surface area contributed by atoms with E-state index >= 15 is 0 Å². The predicted molar refractivity (Wildman–Crippen MR) is 95.9 cm³/mol. The zero-order chi connectivity index (χ0) is 18.1. The van der Waals surface area contributed by atoms with Crippen LogP contribution in [0.25, 0.3) is 0 Å². The van der Waals surface area contributed by atoms with Crippen molar-refractivity contribution >= 4 is 0 Å². The molecule has 25 heavy (non-hydrogen) atoms. The summed E-state index contributed by atoms with van der Waals surface area (Å²) < 4.78 is 42.8. The number of aryl methyl sites for hydroxylation is 1. The summed E-state index contributed by atoms with van der Waals surface area (Å²) in [6.07, 6.45) is 5.01. The van der Waals surface area contributed by atoms with Gasteiger partial charge in [0.2, 0.25) is 0 Å². The quantitative estimate of drug-likeness (QED) is 0.442. The fraction of sp³-hybridized carbons (Fsp3) is 0.714. The molecule has 0 amide bonds. The van der Waals surface area contributed by atoms with Gasteiger partial charge in [0, 0.05) is 13.0 Å². The molecule has 0 heterocycles. The highest BCUT2D eigenvalue weighted by molar-refractivity contribution is 5.26. The predicted octanol–water partition coefficient (Wildman–Crippen LogP) is 6.80. The van der Waals surface area contributed by atoms with Crippen LogP contribution in [0.2, 0.25) is 0 Å². The summed E-state index contributed by atoms with van der Waals surface area (Å²) in [6.45, 7) is 3.09. The molecule has 0 saturated heterocycles. The second kappa shape index (κ2) is 10.2. The minimum absolute atomic E-state index is 0.0718. The normalized spacial score (nSPS) is 21.4. The van der Waals surface area contributed by atoms with Crippen molar-refractivity contribution in [3.8, 4) is 0 Å². The lowest BCUT2D eigenvalue weighted by atomic mass is 9.82. The van der Waals surface area contributed by atoms with Crippen LogP contribution in [0, 0.1) is 0 Å². The number of alkyl halides is 3. The van der Waals surface area contributed by atoms with Crippen LogP contribution in [-0.2, 0) is 11.2 Å². The first-order chi connectivity index (χ1) is 12.0. The fourth-order valence-electron chi connectivity index (χ4n) is 3.58. The van der Waals surface area contributed by atoms with Crippen LogP contribution in [0.4, 0.5) is 13.2 Å². The molecule has 142 valence electrons. The molecule has 2 rings (SSSR count). The average Bonchev–Trinajstić information content (AvgIpc) is 2.60. The summed E-state index contributed by atoms with van der Waals surface area (Å²) in [6, 6.07) is 7.75. The molecular weight excluding hydrogens is 325 g/mol. The minimum Gasteiger partial charge on any atom is -0.378 e. The standard InChI is InChI=1S/C21H31F3O/c1-2-3-4-5-16-25-20-12-10-19(11-13-20)18-8-6-17(7-9-18)14-15-21(22,23)24/h6-9,19-20H,2-5,10-16H2,1H3/t19-,20-. The van der Waals surface area contributed by atoms with Gasteiger partial charge in [-0.1, -0.05) is 50.5 Å². The van der Waals surface area contributed by atoms with Gasteiger partial charge < -0.3 is 4.74 Å². The Labute approximate surface area is 150 Å². The summed E-state index contributed by atoms with van der Waals surface area (Å²) in [7, 11) is 0. The summed E-state index contributed by atoms with van der Waals surface area (Å²) in [5.41, 5.74) is 2.03. The topological polar surface area (TPSA) is 9.23 Å². The Hall–Kier alpha value is -1.03. The molecule has 0 N–H and O–H groups in total. The SMILES string of the molecule is CCCCCCO[C@H]1CC[C@H](c2ccc(CCC(F)(F)F)cc2)CC1. The number of unbranched alkanes of at least 4 members (excludes halogenated alkanes) is 3. The Morgan fingerprint density at radius 2 is 1.64 bits per heavy atom. The first-order valence-corrected chi connectivity index (χ1v) is 9.75. The molecule has 1 aliphatic carbocycles. The van der Waals surface area contributed by atoms with Crippen LogP contribution >= 0.6 is 0 Å². The van der Waals surface area contributed by atoms with Gasteiger partial charge in [0.1, 0.15) is 0 Å². The average molecular weight is 356 g/mol. The number of hydrogen-bond acceptors (Lipinski definition) is 1. The molecule has 0 spiro atoms. The highest BCUT2D eigenvalue weighted by Gasteiger charge is 2.26. The lowest BCUT2D eigenvalue weighted by molar-refractivity contribution is -0.133. The van der Waals surface area contributed by atoms with Gasteiger partial charge in [-0.2, -0.15) is 13.2 Å². The van der Waals surface area contributed by atoms with Crippen molar-refractivity contribution in [1.29, 1.82) is 0 Å². The highest BCUT2D eigenvalue weighted by Crippen LogP contribution is 2.34. The summed E-state index contributed by atoms with van der Waals surface area (Å²) in [5.74, 6) is 0.525. The molecule has 0 aliphatic heterocycles. The van der Waals surface area contributed by atoms with Crippen LogP contribution in [0.5, 0.6) is 0 Å². The molecule has 0 aromatic heterocycles. The molecule has 1 aromatic carbocycles. The number of benzene rings is 1. The third kappa shape index (κ3) is 7.81. The molecule has 1 nitrogen and oxygen atoms in total. The Balaban J connectivity index is 1.69. The zero-order valence-electron chi connectivity index (χ0n) is 15.3. The zero-order valence-corrected chi connectivity index (χ0v) is 15.3. The minimum atomic E-state index is -4.08. The summed E-state index contributed by atoms with van der Waals surface area (Å²) in [4.78, 5) is 0. The number of rotatable bonds is 9. The van der Waals surface area contributed by atoms with E-state index in [4.69, 9.17) is 4.74 Å². The first kappa shape index (κ1) is 20.3. The van der Waals surface area contributed by atoms with Crippen molar-refractivity contribution in [3.05, 3.63) is 35.4 Å². The first-order valence-electron chi connectivity index (χ1n) is 9.75. The van der Waals surface area contributed by atoms with Gasteiger partial charge in [0.25, 0.3) is 0 Å². The van der Waals surface area contributed by atoms with Gasteiger partial charge in [-0.25, -0.2) is 0 Å². The van der Waals surface area contributed by atoms with E-state index in [1.165, 1.54) is 24.8 Å². The van der Waals surface area contributed by atoms with Crippen molar-refractivity contribution in [2.45, 2.75) is 89.3 Å². The monoisotopic (exact) mass is 356 g/mol. The molecular formula is C21H31F3O. The maximum absolute atomic E-state index is 12.3. The van der Waals surface area contributed by atoms with Crippen LogP contribution in [0.3, 0.4) is 0 Å². The molecule has 1 aliphatic rings. The number of hydrogen-bond donors (Lipinski definition) is 0. The van der Waals surface area contributed by atoms with Gasteiger partial charge in [-0.05, 0) is 55.6 Å². The van der Waals surface area contributed by atoms with Crippen LogP contribution in [0.15, 0.2) is 24.3 Å². The van der Waals surface area contributed by atoms with Gasteiger partial charge in [-0.15, -0.1) is 0 Å². The van der Waals surface area contributed by atoms with Crippen molar-refractivity contribution < 1.29 is 17.9 Å². The third-order valence-electron chi connectivity index (χ3n) is 5.17. The fourth-order valence-corrected chi connectivity index (χ4v) is 3.58. The maximum Gasteiger partial charge on any atom is 0.389 e. The molecule has 4 heteroatoms. The molecule has 1 saturated carbocycles. The highest BCUT2D eigenvalue weighted by atomic mass is 19.4. The molecule has 1 fully saturated rings. The van der Waals surface area contributed by atoms with Gasteiger partial charge in [0.05, 0.1) is 6.10 Å². The maximum atomic E-state index is 12.3. The largest absolute Gasteiger partial charge is 0.389 e. The van der Waals surface area contributed by atoms with E-state index in [0.29, 0.717) is 12.0 Å². The van der Waals surface area contributed by atoms with Gasteiger partial charge in [0.15, 0.2) is 0 Å². The van der Waals surface area contributed by atoms with Gasteiger partial charge >= 0.3 is 6.18 Å². The van der Waals surface area contributed by atoms with Crippen molar-refractivity contribution in [3.63, 3.8) is 0 Å². The Morgan fingerprint density at radius 3 is 2.24 bits per heavy atom. The van der Waals surface area contributed by atoms with E-state index in [1.807, 2.05) is 24.3 Å². The van der Waals surface area contributed by atoms with E-state index in [-0.39, 0.29) is 6.42 Å². The molecule has 0 unspecified atom stereocenters. The van der Waals surface area contributed by atoms with Crippen LogP contribution < -0.4 is 0 Å².